The molecule has 2 rings (SSSR count). The second-order valence-corrected chi connectivity index (χ2v) is 5.85. The van der Waals surface area contributed by atoms with Gasteiger partial charge in [0, 0.05) is 25.3 Å². The topological polar surface area (TPSA) is 44.4 Å². The molecule has 1 amide bonds. The number of carbonyl (C=O) groups is 1. The van der Waals surface area contributed by atoms with Gasteiger partial charge in [-0.1, -0.05) is 25.7 Å². The van der Waals surface area contributed by atoms with Gasteiger partial charge >= 0.3 is 0 Å². The molecule has 0 unspecified atom stereocenters. The van der Waals surface area contributed by atoms with Crippen LogP contribution >= 0.6 is 0 Å². The normalized spacial score (nSPS) is 25.5. The van der Waals surface area contributed by atoms with Crippen LogP contribution in [0, 0.1) is 0 Å². The summed E-state index contributed by atoms with van der Waals surface area (Å²) < 4.78 is 0. The Kier molecular flexibility index (Phi) is 5.87. The van der Waals surface area contributed by atoms with E-state index in [4.69, 9.17) is 0 Å². The summed E-state index contributed by atoms with van der Waals surface area (Å²) in [4.78, 5) is 14.0. The van der Waals surface area contributed by atoms with E-state index in [0.29, 0.717) is 6.54 Å². The molecule has 2 heterocycles. The van der Waals surface area contributed by atoms with E-state index in [2.05, 4.69) is 49.4 Å². The zero-order chi connectivity index (χ0) is 15.9. The maximum atomic E-state index is 12.1. The van der Waals surface area contributed by atoms with Gasteiger partial charge in [0.05, 0.1) is 6.54 Å². The predicted octanol–water partition coefficient (Wildman–Crippen LogP) is 2.48. The molecule has 0 aliphatic carbocycles. The maximum absolute atomic E-state index is 12.1. The van der Waals surface area contributed by atoms with E-state index in [9.17, 15) is 4.79 Å². The quantitative estimate of drug-likeness (QED) is 0.820. The summed E-state index contributed by atoms with van der Waals surface area (Å²) in [6.45, 7) is 11.2. The number of hydrogen-bond donors (Lipinski definition) is 2. The fourth-order valence-electron chi connectivity index (χ4n) is 2.83. The number of likely N-dealkylation sites (tertiary alicyclic amines) is 1. The Bertz CT molecular complexity index is 522. The third kappa shape index (κ3) is 4.26. The Morgan fingerprint density at radius 1 is 1.41 bits per heavy atom. The van der Waals surface area contributed by atoms with Crippen LogP contribution in [0.15, 0.2) is 47.3 Å². The van der Waals surface area contributed by atoms with Crippen molar-refractivity contribution in [1.29, 1.82) is 0 Å². The maximum Gasteiger partial charge on any atom is 0.241 e. The Morgan fingerprint density at radius 3 is 2.82 bits per heavy atom. The second kappa shape index (κ2) is 7.87. The molecule has 0 atom stereocenters. The summed E-state index contributed by atoms with van der Waals surface area (Å²) >= 11 is 0. The third-order valence-electron chi connectivity index (χ3n) is 4.18. The molecule has 0 spiro atoms. The number of allylic oxidation sites excluding steroid dienone is 3. The minimum Gasteiger partial charge on any atom is -0.387 e. The molecule has 2 aliphatic rings. The van der Waals surface area contributed by atoms with Gasteiger partial charge < -0.3 is 15.5 Å². The van der Waals surface area contributed by atoms with Gasteiger partial charge in [0.25, 0.3) is 0 Å². The Morgan fingerprint density at radius 2 is 2.14 bits per heavy atom. The highest BCUT2D eigenvalue weighted by Gasteiger charge is 2.18. The average Bonchev–Trinajstić information content (AvgIpc) is 3.02. The summed E-state index contributed by atoms with van der Waals surface area (Å²) in [6, 6.07) is 0. The molecule has 0 aromatic carbocycles. The van der Waals surface area contributed by atoms with Gasteiger partial charge in [-0.15, -0.1) is 0 Å². The molecule has 1 fully saturated rings. The number of nitrogens with one attached hydrogen (secondary N) is 2. The van der Waals surface area contributed by atoms with Crippen LogP contribution in [-0.4, -0.2) is 37.0 Å². The SMILES string of the molecule is C=C(NCC(=O)N1CCCC1)C1=C\CN\C=C(CC)/C=C/1C. The first-order chi connectivity index (χ1) is 10.6. The largest absolute Gasteiger partial charge is 0.387 e. The lowest BCUT2D eigenvalue weighted by Gasteiger charge is -2.19. The smallest absolute Gasteiger partial charge is 0.241 e. The highest BCUT2D eigenvalue weighted by atomic mass is 16.2. The second-order valence-electron chi connectivity index (χ2n) is 5.85. The molecule has 0 aromatic rings. The lowest BCUT2D eigenvalue weighted by atomic mass is 10.00. The fraction of sp³-hybridized carbons (Fsp3) is 0.500. The molecular formula is C18H27N3O. The molecule has 0 saturated carbocycles. The summed E-state index contributed by atoms with van der Waals surface area (Å²) in [5.74, 6) is 0.166. The Labute approximate surface area is 133 Å². The molecule has 120 valence electrons. The summed E-state index contributed by atoms with van der Waals surface area (Å²) in [6.07, 6.45) is 9.58. The first-order valence-electron chi connectivity index (χ1n) is 8.14. The summed E-state index contributed by atoms with van der Waals surface area (Å²) in [5, 5.41) is 6.47. The van der Waals surface area contributed by atoms with Crippen LogP contribution in [0.1, 0.15) is 33.1 Å². The van der Waals surface area contributed by atoms with E-state index in [-0.39, 0.29) is 5.91 Å². The molecule has 4 nitrogen and oxygen atoms in total. The number of nitrogens with zero attached hydrogens (tertiary/aromatic N) is 1. The van der Waals surface area contributed by atoms with Crippen molar-refractivity contribution in [2.45, 2.75) is 33.1 Å². The van der Waals surface area contributed by atoms with Crippen LogP contribution in [0.2, 0.25) is 0 Å². The average molecular weight is 301 g/mol. The lowest BCUT2D eigenvalue weighted by Crippen LogP contribution is -2.36. The number of rotatable bonds is 5. The molecule has 2 N–H and O–H groups in total. The van der Waals surface area contributed by atoms with E-state index in [1.54, 1.807) is 0 Å². The van der Waals surface area contributed by atoms with Crippen molar-refractivity contribution >= 4 is 5.91 Å². The summed E-state index contributed by atoms with van der Waals surface area (Å²) in [7, 11) is 0. The van der Waals surface area contributed by atoms with Crippen LogP contribution in [0.4, 0.5) is 0 Å². The van der Waals surface area contributed by atoms with E-state index in [0.717, 1.165) is 50.2 Å². The van der Waals surface area contributed by atoms with Gasteiger partial charge in [0.15, 0.2) is 0 Å². The van der Waals surface area contributed by atoms with Gasteiger partial charge in [-0.05, 0) is 49.1 Å². The van der Waals surface area contributed by atoms with Gasteiger partial charge in [-0.25, -0.2) is 0 Å². The van der Waals surface area contributed by atoms with Crippen LogP contribution in [0.3, 0.4) is 0 Å². The van der Waals surface area contributed by atoms with Crippen molar-refractivity contribution in [1.82, 2.24) is 15.5 Å². The van der Waals surface area contributed by atoms with Crippen molar-refractivity contribution in [2.24, 2.45) is 0 Å². The molecular weight excluding hydrogens is 274 g/mol. The zero-order valence-electron chi connectivity index (χ0n) is 13.7. The molecule has 0 bridgehead atoms. The molecule has 4 heteroatoms. The summed E-state index contributed by atoms with van der Waals surface area (Å²) in [5.41, 5.74) is 4.35. The standard InChI is InChI=1S/C18H27N3O/c1-4-16-11-14(2)17(7-8-19-12-16)15(3)20-13-18(22)21-9-5-6-10-21/h7,11-12,19-20H,3-6,8-10,13H2,1-2H3/b14-11+,16-12-,17-7+. The minimum absolute atomic E-state index is 0.166. The van der Waals surface area contributed by atoms with Crippen LogP contribution in [0.5, 0.6) is 0 Å². The molecule has 0 aromatic heterocycles. The molecule has 1 saturated heterocycles. The molecule has 2 aliphatic heterocycles. The number of amides is 1. The molecule has 0 radical (unpaired) electrons. The van der Waals surface area contributed by atoms with E-state index >= 15 is 0 Å². The van der Waals surface area contributed by atoms with Crippen molar-refractivity contribution in [3.8, 4) is 0 Å². The minimum atomic E-state index is 0.166. The van der Waals surface area contributed by atoms with Crippen molar-refractivity contribution in [3.05, 3.63) is 47.3 Å². The van der Waals surface area contributed by atoms with Crippen LogP contribution < -0.4 is 10.6 Å². The Balaban J connectivity index is 1.96. The zero-order valence-corrected chi connectivity index (χ0v) is 13.7. The predicted molar refractivity (Wildman–Crippen MR) is 91.2 cm³/mol. The van der Waals surface area contributed by atoms with Gasteiger partial charge in [0.2, 0.25) is 5.91 Å². The Hall–Kier alpha value is -1.97. The lowest BCUT2D eigenvalue weighted by molar-refractivity contribution is -0.129. The van der Waals surface area contributed by atoms with Crippen LogP contribution in [0.25, 0.3) is 0 Å². The van der Waals surface area contributed by atoms with Gasteiger partial charge in [-0.2, -0.15) is 0 Å². The van der Waals surface area contributed by atoms with Crippen molar-refractivity contribution in [2.75, 3.05) is 26.2 Å². The highest BCUT2D eigenvalue weighted by molar-refractivity contribution is 5.78. The number of carbonyl (C=O) groups excluding carboxylic acids is 1. The van der Waals surface area contributed by atoms with E-state index < -0.39 is 0 Å². The van der Waals surface area contributed by atoms with Gasteiger partial charge in [-0.3, -0.25) is 4.79 Å². The number of hydrogen-bond acceptors (Lipinski definition) is 3. The van der Waals surface area contributed by atoms with E-state index in [1.165, 1.54) is 11.1 Å². The molecule has 22 heavy (non-hydrogen) atoms. The van der Waals surface area contributed by atoms with Crippen LogP contribution in [-0.2, 0) is 4.79 Å². The van der Waals surface area contributed by atoms with E-state index in [1.807, 2.05) is 4.90 Å². The highest BCUT2D eigenvalue weighted by Crippen LogP contribution is 2.20. The first-order valence-corrected chi connectivity index (χ1v) is 8.14. The van der Waals surface area contributed by atoms with Crippen molar-refractivity contribution in [3.63, 3.8) is 0 Å². The monoisotopic (exact) mass is 301 g/mol. The third-order valence-corrected chi connectivity index (χ3v) is 4.18. The first kappa shape index (κ1) is 16.4. The van der Waals surface area contributed by atoms with Crippen molar-refractivity contribution < 1.29 is 4.79 Å². The van der Waals surface area contributed by atoms with Gasteiger partial charge in [0.1, 0.15) is 0 Å². The fourth-order valence-corrected chi connectivity index (χ4v) is 2.83.